The fourth-order valence-electron chi connectivity index (χ4n) is 1.55. The molecule has 1 unspecified atom stereocenters. The summed E-state index contributed by atoms with van der Waals surface area (Å²) in [5.41, 5.74) is 0. The number of carbonyl (C=O) groups is 2. The minimum absolute atomic E-state index is 0.0803. The lowest BCUT2D eigenvalue weighted by molar-refractivity contribution is -0.125. The number of amides is 3. The van der Waals surface area contributed by atoms with Crippen LogP contribution in [0.15, 0.2) is 0 Å². The van der Waals surface area contributed by atoms with Crippen LogP contribution in [0.25, 0.3) is 0 Å². The van der Waals surface area contributed by atoms with Crippen molar-refractivity contribution in [2.75, 3.05) is 25.1 Å². The van der Waals surface area contributed by atoms with E-state index in [1.807, 2.05) is 18.7 Å². The zero-order valence-corrected chi connectivity index (χ0v) is 10.1. The molecule has 0 saturated carbocycles. The minimum Gasteiger partial charge on any atom is -0.324 e. The molecule has 1 aliphatic heterocycles. The largest absolute Gasteiger partial charge is 0.324 e. The first kappa shape index (κ1) is 12.4. The molecule has 5 heteroatoms. The number of carbonyl (C=O) groups excluding carboxylic acids is 2. The van der Waals surface area contributed by atoms with Crippen molar-refractivity contribution in [3.63, 3.8) is 0 Å². The number of rotatable bonds is 5. The highest BCUT2D eigenvalue weighted by Gasteiger charge is 2.28. The van der Waals surface area contributed by atoms with E-state index in [0.717, 1.165) is 25.1 Å². The Morgan fingerprint density at radius 2 is 2.20 bits per heavy atom. The molecule has 3 amide bonds. The van der Waals surface area contributed by atoms with Crippen LogP contribution in [-0.4, -0.2) is 41.9 Å². The summed E-state index contributed by atoms with van der Waals surface area (Å²) in [6.45, 7) is 3.16. The monoisotopic (exact) mass is 230 g/mol. The van der Waals surface area contributed by atoms with Gasteiger partial charge >= 0.3 is 6.03 Å². The van der Waals surface area contributed by atoms with Crippen LogP contribution in [0.4, 0.5) is 4.79 Å². The molecule has 1 fully saturated rings. The van der Waals surface area contributed by atoms with Gasteiger partial charge in [0.2, 0.25) is 5.91 Å². The van der Waals surface area contributed by atoms with E-state index >= 15 is 0 Å². The molecular weight excluding hydrogens is 212 g/mol. The van der Waals surface area contributed by atoms with Gasteiger partial charge in [-0.15, -0.1) is 0 Å². The smallest absolute Gasteiger partial charge is 0.324 e. The Kier molecular flexibility index (Phi) is 4.94. The second kappa shape index (κ2) is 6.00. The molecule has 0 aromatic rings. The summed E-state index contributed by atoms with van der Waals surface area (Å²) in [6, 6.07) is -0.234. The molecule has 1 atom stereocenters. The Bertz CT molecular complexity index is 246. The van der Waals surface area contributed by atoms with Gasteiger partial charge in [0, 0.05) is 13.1 Å². The Hall–Kier alpha value is -0.710. The van der Waals surface area contributed by atoms with E-state index in [1.165, 1.54) is 0 Å². The SMILES string of the molecule is CSCCCCN1CC(C)C(=O)NC1=O. The predicted octanol–water partition coefficient (Wildman–Crippen LogP) is 1.32. The Morgan fingerprint density at radius 1 is 1.47 bits per heavy atom. The summed E-state index contributed by atoms with van der Waals surface area (Å²) < 4.78 is 0. The Labute approximate surface area is 94.8 Å². The quantitative estimate of drug-likeness (QED) is 0.725. The van der Waals surface area contributed by atoms with Crippen molar-refractivity contribution >= 4 is 23.7 Å². The highest BCUT2D eigenvalue weighted by Crippen LogP contribution is 2.09. The first-order valence-corrected chi connectivity index (χ1v) is 6.63. The third-order valence-corrected chi connectivity index (χ3v) is 3.18. The van der Waals surface area contributed by atoms with Crippen LogP contribution < -0.4 is 5.32 Å². The molecule has 1 aliphatic rings. The van der Waals surface area contributed by atoms with Crippen molar-refractivity contribution in [2.24, 2.45) is 5.92 Å². The van der Waals surface area contributed by atoms with E-state index < -0.39 is 0 Å². The number of nitrogens with one attached hydrogen (secondary N) is 1. The van der Waals surface area contributed by atoms with Crippen molar-refractivity contribution < 1.29 is 9.59 Å². The van der Waals surface area contributed by atoms with Gasteiger partial charge in [0.1, 0.15) is 0 Å². The number of unbranched alkanes of at least 4 members (excludes halogenated alkanes) is 1. The first-order chi connectivity index (χ1) is 7.15. The maximum Gasteiger partial charge on any atom is 0.324 e. The summed E-state index contributed by atoms with van der Waals surface area (Å²) in [5, 5.41) is 2.36. The minimum atomic E-state index is -0.234. The normalized spacial score (nSPS) is 21.7. The summed E-state index contributed by atoms with van der Waals surface area (Å²) >= 11 is 1.82. The molecule has 4 nitrogen and oxygen atoms in total. The van der Waals surface area contributed by atoms with Crippen LogP contribution in [0.2, 0.25) is 0 Å². The van der Waals surface area contributed by atoms with Gasteiger partial charge in [0.05, 0.1) is 5.92 Å². The molecule has 0 aromatic heterocycles. The van der Waals surface area contributed by atoms with Crippen LogP contribution in [-0.2, 0) is 4.79 Å². The maximum absolute atomic E-state index is 11.4. The number of imide groups is 1. The average Bonchev–Trinajstić information content (AvgIpc) is 2.20. The third-order valence-electron chi connectivity index (χ3n) is 2.49. The lowest BCUT2D eigenvalue weighted by atomic mass is 10.1. The van der Waals surface area contributed by atoms with Crippen molar-refractivity contribution in [1.29, 1.82) is 0 Å². The molecule has 0 bridgehead atoms. The van der Waals surface area contributed by atoms with Crippen LogP contribution in [0, 0.1) is 5.92 Å². The van der Waals surface area contributed by atoms with E-state index in [1.54, 1.807) is 4.90 Å². The van der Waals surface area contributed by atoms with Gasteiger partial charge in [-0.2, -0.15) is 11.8 Å². The topological polar surface area (TPSA) is 49.4 Å². The van der Waals surface area contributed by atoms with Gasteiger partial charge in [-0.25, -0.2) is 4.79 Å². The molecule has 1 N–H and O–H groups in total. The van der Waals surface area contributed by atoms with Gasteiger partial charge in [-0.1, -0.05) is 6.92 Å². The summed E-state index contributed by atoms with van der Waals surface area (Å²) in [7, 11) is 0. The molecule has 0 spiro atoms. The van der Waals surface area contributed by atoms with Crippen LogP contribution >= 0.6 is 11.8 Å². The molecule has 1 heterocycles. The fourth-order valence-corrected chi connectivity index (χ4v) is 2.04. The summed E-state index contributed by atoms with van der Waals surface area (Å²) in [4.78, 5) is 24.3. The summed E-state index contributed by atoms with van der Waals surface area (Å²) in [6.07, 6.45) is 4.21. The number of urea groups is 1. The zero-order chi connectivity index (χ0) is 11.3. The Balaban J connectivity index is 2.28. The van der Waals surface area contributed by atoms with E-state index in [0.29, 0.717) is 6.54 Å². The first-order valence-electron chi connectivity index (χ1n) is 5.24. The van der Waals surface area contributed by atoms with Crippen molar-refractivity contribution in [1.82, 2.24) is 10.2 Å². The number of hydrogen-bond donors (Lipinski definition) is 1. The molecule has 0 aromatic carbocycles. The van der Waals surface area contributed by atoms with Gasteiger partial charge in [0.15, 0.2) is 0 Å². The van der Waals surface area contributed by atoms with Gasteiger partial charge in [-0.3, -0.25) is 10.1 Å². The lowest BCUT2D eigenvalue weighted by Gasteiger charge is -2.30. The maximum atomic E-state index is 11.4. The standard InChI is InChI=1S/C10H18N2O2S/c1-8-7-12(5-3-4-6-15-2)10(14)11-9(8)13/h8H,3-7H2,1-2H3,(H,11,13,14). The van der Waals surface area contributed by atoms with Crippen LogP contribution in [0.3, 0.4) is 0 Å². The number of thioether (sulfide) groups is 1. The molecule has 86 valence electrons. The average molecular weight is 230 g/mol. The molecule has 1 rings (SSSR count). The zero-order valence-electron chi connectivity index (χ0n) is 9.28. The second-order valence-corrected chi connectivity index (χ2v) is 4.83. The van der Waals surface area contributed by atoms with Gasteiger partial charge in [-0.05, 0) is 24.9 Å². The fraction of sp³-hybridized carbons (Fsp3) is 0.800. The molecule has 1 saturated heterocycles. The predicted molar refractivity (Wildman–Crippen MR) is 61.9 cm³/mol. The second-order valence-electron chi connectivity index (χ2n) is 3.84. The Morgan fingerprint density at radius 3 is 2.87 bits per heavy atom. The third kappa shape index (κ3) is 3.74. The van der Waals surface area contributed by atoms with E-state index in [-0.39, 0.29) is 17.9 Å². The van der Waals surface area contributed by atoms with Crippen molar-refractivity contribution in [3.8, 4) is 0 Å². The van der Waals surface area contributed by atoms with Crippen molar-refractivity contribution in [2.45, 2.75) is 19.8 Å². The van der Waals surface area contributed by atoms with Crippen LogP contribution in [0.1, 0.15) is 19.8 Å². The van der Waals surface area contributed by atoms with Crippen LogP contribution in [0.5, 0.6) is 0 Å². The molecule has 15 heavy (non-hydrogen) atoms. The van der Waals surface area contributed by atoms with Gasteiger partial charge in [0.25, 0.3) is 0 Å². The number of hydrogen-bond acceptors (Lipinski definition) is 3. The molecule has 0 aliphatic carbocycles. The van der Waals surface area contributed by atoms with Gasteiger partial charge < -0.3 is 4.90 Å². The highest BCUT2D eigenvalue weighted by atomic mass is 32.2. The summed E-state index contributed by atoms with van der Waals surface area (Å²) in [5.74, 6) is 0.896. The number of nitrogens with zero attached hydrogens (tertiary/aromatic N) is 1. The van der Waals surface area contributed by atoms with E-state index in [2.05, 4.69) is 11.6 Å². The van der Waals surface area contributed by atoms with Crippen molar-refractivity contribution in [3.05, 3.63) is 0 Å². The lowest BCUT2D eigenvalue weighted by Crippen LogP contribution is -2.53. The highest BCUT2D eigenvalue weighted by molar-refractivity contribution is 7.98. The van der Waals surface area contributed by atoms with E-state index in [4.69, 9.17) is 0 Å². The molecular formula is C10H18N2O2S. The molecule has 0 radical (unpaired) electrons. The van der Waals surface area contributed by atoms with E-state index in [9.17, 15) is 9.59 Å².